The lowest BCUT2D eigenvalue weighted by Crippen LogP contribution is -2.01. The molecule has 0 atom stereocenters. The molecule has 5 nitrogen and oxygen atoms in total. The summed E-state index contributed by atoms with van der Waals surface area (Å²) in [4.78, 5) is 4.17. The first-order valence-electron chi connectivity index (χ1n) is 4.98. The van der Waals surface area contributed by atoms with Crippen LogP contribution in [0.25, 0.3) is 16.9 Å². The zero-order valence-corrected chi connectivity index (χ0v) is 9.46. The summed E-state index contributed by atoms with van der Waals surface area (Å²) in [6, 6.07) is 10.9. The van der Waals surface area contributed by atoms with Crippen LogP contribution in [0.15, 0.2) is 36.4 Å². The molecule has 0 unspecified atom stereocenters. The van der Waals surface area contributed by atoms with Gasteiger partial charge in [0.2, 0.25) is 0 Å². The van der Waals surface area contributed by atoms with Crippen LogP contribution in [0.1, 0.15) is 0 Å². The van der Waals surface area contributed by atoms with E-state index < -0.39 is 0 Å². The molecule has 0 saturated heterocycles. The molecule has 2 N–H and O–H groups in total. The van der Waals surface area contributed by atoms with E-state index in [1.807, 2.05) is 24.3 Å². The topological polar surface area (TPSA) is 69.6 Å². The first-order chi connectivity index (χ1) is 8.24. The quantitative estimate of drug-likeness (QED) is 0.666. The minimum Gasteiger partial charge on any atom is -0.399 e. The molecule has 0 bridgehead atoms. The monoisotopic (exact) mass is 245 g/mol. The summed E-state index contributed by atoms with van der Waals surface area (Å²) < 4.78 is 1.61. The molecule has 0 aliphatic rings. The fourth-order valence-corrected chi connectivity index (χ4v) is 1.86. The smallest absolute Gasteiger partial charge is 0.159 e. The van der Waals surface area contributed by atoms with Crippen molar-refractivity contribution in [2.45, 2.75) is 0 Å². The molecule has 3 aromatic rings. The SMILES string of the molecule is Nc1cc(Cl)nc(-n2nnc3ccccc32)c1. The fraction of sp³-hybridized carbons (Fsp3) is 0. The van der Waals surface area contributed by atoms with Crippen molar-refractivity contribution in [1.82, 2.24) is 20.0 Å². The van der Waals surface area contributed by atoms with E-state index in [9.17, 15) is 0 Å². The number of pyridine rings is 1. The standard InChI is InChI=1S/C11H8ClN5/c12-10-5-7(13)6-11(14-10)17-9-4-2-1-3-8(9)15-16-17/h1-6H,(H2,13,14). The lowest BCUT2D eigenvalue weighted by Gasteiger charge is -2.03. The van der Waals surface area contributed by atoms with Gasteiger partial charge in [-0.05, 0) is 18.2 Å². The van der Waals surface area contributed by atoms with Crippen LogP contribution in [0.4, 0.5) is 5.69 Å². The zero-order valence-electron chi connectivity index (χ0n) is 8.71. The van der Waals surface area contributed by atoms with Crippen LogP contribution in [0.3, 0.4) is 0 Å². The van der Waals surface area contributed by atoms with Crippen LogP contribution in [0.2, 0.25) is 5.15 Å². The third-order valence-corrected chi connectivity index (χ3v) is 2.57. The van der Waals surface area contributed by atoms with Gasteiger partial charge < -0.3 is 5.73 Å². The van der Waals surface area contributed by atoms with Gasteiger partial charge in [-0.25, -0.2) is 4.98 Å². The van der Waals surface area contributed by atoms with Gasteiger partial charge in [0.25, 0.3) is 0 Å². The first-order valence-corrected chi connectivity index (χ1v) is 5.36. The summed E-state index contributed by atoms with van der Waals surface area (Å²) in [5, 5.41) is 8.41. The lowest BCUT2D eigenvalue weighted by atomic mass is 10.3. The largest absolute Gasteiger partial charge is 0.399 e. The van der Waals surface area contributed by atoms with E-state index in [1.54, 1.807) is 16.8 Å². The van der Waals surface area contributed by atoms with Crippen LogP contribution in [-0.4, -0.2) is 20.0 Å². The Morgan fingerprint density at radius 3 is 2.82 bits per heavy atom. The van der Waals surface area contributed by atoms with Gasteiger partial charge in [0.1, 0.15) is 10.7 Å². The average Bonchev–Trinajstić information content (AvgIpc) is 2.71. The van der Waals surface area contributed by atoms with Crippen molar-refractivity contribution in [3.8, 4) is 5.82 Å². The summed E-state index contributed by atoms with van der Waals surface area (Å²) in [5.74, 6) is 0.559. The number of halogens is 1. The molecule has 0 spiro atoms. The summed E-state index contributed by atoms with van der Waals surface area (Å²) in [7, 11) is 0. The molecular formula is C11H8ClN5. The molecule has 0 saturated carbocycles. The van der Waals surface area contributed by atoms with E-state index in [0.717, 1.165) is 11.0 Å². The van der Waals surface area contributed by atoms with Crippen LogP contribution in [0.5, 0.6) is 0 Å². The normalized spacial score (nSPS) is 10.9. The summed E-state index contributed by atoms with van der Waals surface area (Å²) in [6.45, 7) is 0. The fourth-order valence-electron chi connectivity index (χ4n) is 1.65. The summed E-state index contributed by atoms with van der Waals surface area (Å²) in [6.07, 6.45) is 0. The highest BCUT2D eigenvalue weighted by atomic mass is 35.5. The number of benzene rings is 1. The van der Waals surface area contributed by atoms with Crippen LogP contribution in [-0.2, 0) is 0 Å². The number of anilines is 1. The molecule has 2 aromatic heterocycles. The van der Waals surface area contributed by atoms with Gasteiger partial charge in [-0.2, -0.15) is 4.68 Å². The average molecular weight is 246 g/mol. The van der Waals surface area contributed by atoms with Gasteiger partial charge in [-0.1, -0.05) is 28.9 Å². The van der Waals surface area contributed by atoms with Crippen molar-refractivity contribution < 1.29 is 0 Å². The summed E-state index contributed by atoms with van der Waals surface area (Å²) in [5.41, 5.74) is 7.93. The predicted molar refractivity (Wildman–Crippen MR) is 66.1 cm³/mol. The molecule has 0 aliphatic heterocycles. The van der Waals surface area contributed by atoms with Crippen molar-refractivity contribution in [2.75, 3.05) is 5.73 Å². The number of nitrogen functional groups attached to an aromatic ring is 1. The van der Waals surface area contributed by atoms with Gasteiger partial charge in [-0.15, -0.1) is 5.10 Å². The third kappa shape index (κ3) is 1.70. The molecule has 3 rings (SSSR count). The maximum atomic E-state index is 5.87. The molecule has 6 heteroatoms. The molecule has 0 amide bonds. The highest BCUT2D eigenvalue weighted by molar-refractivity contribution is 6.29. The second-order valence-electron chi connectivity index (χ2n) is 3.57. The minimum absolute atomic E-state index is 0.333. The van der Waals surface area contributed by atoms with E-state index in [2.05, 4.69) is 15.3 Å². The van der Waals surface area contributed by atoms with Crippen molar-refractivity contribution in [3.63, 3.8) is 0 Å². The Balaban J connectivity index is 2.27. The van der Waals surface area contributed by atoms with E-state index in [1.165, 1.54) is 0 Å². The number of hydrogen-bond donors (Lipinski definition) is 1. The lowest BCUT2D eigenvalue weighted by molar-refractivity contribution is 0.802. The van der Waals surface area contributed by atoms with E-state index in [0.29, 0.717) is 16.7 Å². The highest BCUT2D eigenvalue weighted by Crippen LogP contribution is 2.18. The molecule has 1 aromatic carbocycles. The third-order valence-electron chi connectivity index (χ3n) is 2.37. The maximum absolute atomic E-state index is 5.87. The predicted octanol–water partition coefficient (Wildman–Crippen LogP) is 2.05. The number of para-hydroxylation sites is 1. The molecule has 17 heavy (non-hydrogen) atoms. The van der Waals surface area contributed by atoms with Crippen molar-refractivity contribution in [1.29, 1.82) is 0 Å². The van der Waals surface area contributed by atoms with Crippen molar-refractivity contribution >= 4 is 28.3 Å². The summed E-state index contributed by atoms with van der Waals surface area (Å²) >= 11 is 5.87. The van der Waals surface area contributed by atoms with Crippen LogP contribution >= 0.6 is 11.6 Å². The van der Waals surface area contributed by atoms with Crippen molar-refractivity contribution in [3.05, 3.63) is 41.6 Å². The maximum Gasteiger partial charge on any atom is 0.159 e. The Bertz CT molecular complexity index is 671. The molecule has 0 fully saturated rings. The van der Waals surface area contributed by atoms with E-state index >= 15 is 0 Å². The number of aromatic nitrogens is 4. The Labute approximate surface area is 102 Å². The van der Waals surface area contributed by atoms with E-state index in [-0.39, 0.29) is 0 Å². The van der Waals surface area contributed by atoms with Crippen LogP contribution in [0, 0.1) is 0 Å². The Kier molecular flexibility index (Phi) is 2.19. The number of nitrogens with zero attached hydrogens (tertiary/aromatic N) is 4. The Morgan fingerprint density at radius 2 is 2.00 bits per heavy atom. The second-order valence-corrected chi connectivity index (χ2v) is 3.96. The van der Waals surface area contributed by atoms with E-state index in [4.69, 9.17) is 17.3 Å². The van der Waals surface area contributed by atoms with Crippen molar-refractivity contribution in [2.24, 2.45) is 0 Å². The van der Waals surface area contributed by atoms with Gasteiger partial charge in [0.05, 0.1) is 5.52 Å². The second kappa shape index (κ2) is 3.71. The van der Waals surface area contributed by atoms with Gasteiger partial charge in [-0.3, -0.25) is 0 Å². The number of rotatable bonds is 1. The molecule has 0 aliphatic carbocycles. The van der Waals surface area contributed by atoms with Gasteiger partial charge >= 0.3 is 0 Å². The van der Waals surface area contributed by atoms with Gasteiger partial charge in [0, 0.05) is 11.8 Å². The Morgan fingerprint density at radius 1 is 1.18 bits per heavy atom. The highest BCUT2D eigenvalue weighted by Gasteiger charge is 2.08. The minimum atomic E-state index is 0.333. The number of fused-ring (bicyclic) bond motifs is 1. The number of nitrogens with two attached hydrogens (primary N) is 1. The zero-order chi connectivity index (χ0) is 11.8. The Hall–Kier alpha value is -2.14. The first kappa shape index (κ1) is 10.0. The van der Waals surface area contributed by atoms with Crippen LogP contribution < -0.4 is 5.73 Å². The molecular weight excluding hydrogens is 238 g/mol. The van der Waals surface area contributed by atoms with Gasteiger partial charge in [0.15, 0.2) is 5.82 Å². The molecule has 2 heterocycles. The number of hydrogen-bond acceptors (Lipinski definition) is 4. The molecule has 0 radical (unpaired) electrons. The molecule has 84 valence electrons.